The molecule has 20 heavy (non-hydrogen) atoms. The Bertz CT molecular complexity index is 675. The van der Waals surface area contributed by atoms with E-state index in [-0.39, 0.29) is 5.56 Å². The van der Waals surface area contributed by atoms with Crippen LogP contribution in [0, 0.1) is 0 Å². The van der Waals surface area contributed by atoms with E-state index in [1.54, 1.807) is 0 Å². The van der Waals surface area contributed by atoms with Crippen molar-refractivity contribution in [2.75, 3.05) is 13.1 Å². The van der Waals surface area contributed by atoms with Crippen molar-refractivity contribution in [3.63, 3.8) is 0 Å². The first kappa shape index (κ1) is 12.5. The minimum atomic E-state index is -0.0205. The van der Waals surface area contributed by atoms with E-state index in [1.807, 2.05) is 11.4 Å². The molecular weight excluding hydrogens is 272 g/mol. The summed E-state index contributed by atoms with van der Waals surface area (Å²) in [5.74, 6) is 0.741. The number of thiophene rings is 1. The molecule has 2 aromatic rings. The molecule has 4 rings (SSSR count). The van der Waals surface area contributed by atoms with Crippen LogP contribution in [-0.4, -0.2) is 40.0 Å². The van der Waals surface area contributed by atoms with Gasteiger partial charge < -0.3 is 10.3 Å². The molecule has 1 saturated heterocycles. The molecule has 0 amide bonds. The van der Waals surface area contributed by atoms with E-state index in [2.05, 4.69) is 20.2 Å². The van der Waals surface area contributed by atoms with E-state index in [1.165, 1.54) is 37.1 Å². The largest absolute Gasteiger partial charge is 0.308 e. The van der Waals surface area contributed by atoms with Gasteiger partial charge in [0.15, 0.2) is 0 Å². The molecule has 1 saturated carbocycles. The Morgan fingerprint density at radius 1 is 1.45 bits per heavy atom. The SMILES string of the molecule is O=c1[nH]c(CNC2CCN(C3CC3)C2)nc2ccsc12. The Morgan fingerprint density at radius 2 is 2.35 bits per heavy atom. The van der Waals surface area contributed by atoms with E-state index in [0.717, 1.165) is 28.6 Å². The van der Waals surface area contributed by atoms with Crippen LogP contribution in [0.3, 0.4) is 0 Å². The smallest absolute Gasteiger partial charge is 0.268 e. The van der Waals surface area contributed by atoms with Crippen LogP contribution < -0.4 is 10.9 Å². The number of nitrogens with one attached hydrogen (secondary N) is 2. The van der Waals surface area contributed by atoms with Crippen LogP contribution in [0.5, 0.6) is 0 Å². The number of rotatable bonds is 4. The van der Waals surface area contributed by atoms with Crippen LogP contribution in [0.2, 0.25) is 0 Å². The highest BCUT2D eigenvalue weighted by Crippen LogP contribution is 2.29. The highest BCUT2D eigenvalue weighted by atomic mass is 32.1. The fourth-order valence-corrected chi connectivity index (χ4v) is 3.70. The zero-order valence-corrected chi connectivity index (χ0v) is 12.1. The molecule has 0 radical (unpaired) electrons. The Morgan fingerprint density at radius 3 is 3.20 bits per heavy atom. The molecule has 1 aliphatic heterocycles. The van der Waals surface area contributed by atoms with Crippen molar-refractivity contribution < 1.29 is 0 Å². The standard InChI is InChI=1S/C14H18N4OS/c19-14-13-11(4-6-20-13)16-12(17-14)7-15-9-3-5-18(8-9)10-1-2-10/h4,6,9-10,15H,1-3,5,7-8H2,(H,16,17,19). The molecule has 6 heteroatoms. The molecule has 0 aromatic carbocycles. The van der Waals surface area contributed by atoms with Gasteiger partial charge >= 0.3 is 0 Å². The summed E-state index contributed by atoms with van der Waals surface area (Å²) in [4.78, 5) is 21.8. The van der Waals surface area contributed by atoms with Crippen molar-refractivity contribution in [1.29, 1.82) is 0 Å². The van der Waals surface area contributed by atoms with Gasteiger partial charge in [0.1, 0.15) is 10.5 Å². The van der Waals surface area contributed by atoms with Crippen LogP contribution >= 0.6 is 11.3 Å². The first-order valence-electron chi connectivity index (χ1n) is 7.23. The third-order valence-electron chi connectivity index (χ3n) is 4.21. The normalized spacial score (nSPS) is 23.7. The second kappa shape index (κ2) is 4.95. The number of nitrogens with zero attached hydrogens (tertiary/aromatic N) is 2. The fourth-order valence-electron chi connectivity index (χ4n) is 2.97. The van der Waals surface area contributed by atoms with Gasteiger partial charge in [-0.2, -0.15) is 0 Å². The van der Waals surface area contributed by atoms with Crippen molar-refractivity contribution in [3.05, 3.63) is 27.6 Å². The summed E-state index contributed by atoms with van der Waals surface area (Å²) in [6.45, 7) is 2.98. The van der Waals surface area contributed by atoms with Crippen LogP contribution in [0.4, 0.5) is 0 Å². The van der Waals surface area contributed by atoms with Gasteiger partial charge in [0.25, 0.3) is 5.56 Å². The highest BCUT2D eigenvalue weighted by molar-refractivity contribution is 7.17. The van der Waals surface area contributed by atoms with Gasteiger partial charge in [0, 0.05) is 25.2 Å². The number of hydrogen-bond acceptors (Lipinski definition) is 5. The van der Waals surface area contributed by atoms with Crippen molar-refractivity contribution in [2.24, 2.45) is 0 Å². The van der Waals surface area contributed by atoms with E-state index in [9.17, 15) is 4.79 Å². The molecule has 0 spiro atoms. The second-order valence-corrected chi connectivity index (χ2v) is 6.66. The van der Waals surface area contributed by atoms with Gasteiger partial charge in [0.2, 0.25) is 0 Å². The first-order chi connectivity index (χ1) is 9.79. The van der Waals surface area contributed by atoms with Gasteiger partial charge in [-0.05, 0) is 30.7 Å². The summed E-state index contributed by atoms with van der Waals surface area (Å²) in [7, 11) is 0. The molecule has 1 unspecified atom stereocenters. The average molecular weight is 290 g/mol. The van der Waals surface area contributed by atoms with Crippen molar-refractivity contribution in [2.45, 2.75) is 37.9 Å². The molecule has 5 nitrogen and oxygen atoms in total. The predicted molar refractivity (Wildman–Crippen MR) is 80.1 cm³/mol. The summed E-state index contributed by atoms with van der Waals surface area (Å²) < 4.78 is 0.717. The monoisotopic (exact) mass is 290 g/mol. The van der Waals surface area contributed by atoms with E-state index < -0.39 is 0 Å². The lowest BCUT2D eigenvalue weighted by molar-refractivity contribution is 0.317. The molecule has 0 bridgehead atoms. The second-order valence-electron chi connectivity index (χ2n) is 5.74. The van der Waals surface area contributed by atoms with Gasteiger partial charge in [0.05, 0.1) is 12.1 Å². The zero-order chi connectivity index (χ0) is 13.5. The Kier molecular flexibility index (Phi) is 3.09. The predicted octanol–water partition coefficient (Wildman–Crippen LogP) is 1.31. The maximum Gasteiger partial charge on any atom is 0.268 e. The van der Waals surface area contributed by atoms with Crippen LogP contribution in [-0.2, 0) is 6.54 Å². The molecule has 2 N–H and O–H groups in total. The highest BCUT2D eigenvalue weighted by Gasteiger charge is 2.34. The Hall–Kier alpha value is -1.24. The number of likely N-dealkylation sites (tertiary alicyclic amines) is 1. The molecule has 1 aliphatic carbocycles. The van der Waals surface area contributed by atoms with Crippen molar-refractivity contribution in [1.82, 2.24) is 20.2 Å². The molecule has 3 heterocycles. The summed E-state index contributed by atoms with van der Waals surface area (Å²) in [6.07, 6.45) is 3.94. The molecule has 2 fully saturated rings. The summed E-state index contributed by atoms with van der Waals surface area (Å²) in [5, 5.41) is 5.44. The maximum atomic E-state index is 11.9. The third-order valence-corrected chi connectivity index (χ3v) is 5.11. The summed E-state index contributed by atoms with van der Waals surface area (Å²) in [5.41, 5.74) is 0.786. The van der Waals surface area contributed by atoms with Crippen LogP contribution in [0.15, 0.2) is 16.2 Å². The molecule has 1 atom stereocenters. The van der Waals surface area contributed by atoms with Gasteiger partial charge in [-0.15, -0.1) is 11.3 Å². The quantitative estimate of drug-likeness (QED) is 0.891. The lowest BCUT2D eigenvalue weighted by Gasteiger charge is -2.15. The van der Waals surface area contributed by atoms with E-state index in [4.69, 9.17) is 0 Å². The van der Waals surface area contributed by atoms with Gasteiger partial charge in [-0.1, -0.05) is 0 Å². The maximum absolute atomic E-state index is 11.9. The van der Waals surface area contributed by atoms with Gasteiger partial charge in [-0.3, -0.25) is 9.69 Å². The minimum Gasteiger partial charge on any atom is -0.308 e. The number of H-pyrrole nitrogens is 1. The fraction of sp³-hybridized carbons (Fsp3) is 0.571. The van der Waals surface area contributed by atoms with Crippen LogP contribution in [0.1, 0.15) is 25.1 Å². The number of hydrogen-bond donors (Lipinski definition) is 2. The number of aromatic nitrogens is 2. The number of fused-ring (bicyclic) bond motifs is 1. The van der Waals surface area contributed by atoms with E-state index >= 15 is 0 Å². The Labute approximate surface area is 121 Å². The lowest BCUT2D eigenvalue weighted by atomic mass is 10.2. The molecular formula is C14H18N4OS. The van der Waals surface area contributed by atoms with Crippen molar-refractivity contribution in [3.8, 4) is 0 Å². The number of aromatic amines is 1. The summed E-state index contributed by atoms with van der Waals surface area (Å²) in [6, 6.07) is 3.28. The third kappa shape index (κ3) is 2.39. The first-order valence-corrected chi connectivity index (χ1v) is 8.11. The molecule has 2 aliphatic rings. The zero-order valence-electron chi connectivity index (χ0n) is 11.3. The molecule has 106 valence electrons. The van der Waals surface area contributed by atoms with Gasteiger partial charge in [-0.25, -0.2) is 4.98 Å². The summed E-state index contributed by atoms with van der Waals surface area (Å²) >= 11 is 1.44. The molecule has 2 aromatic heterocycles. The minimum absolute atomic E-state index is 0.0205. The van der Waals surface area contributed by atoms with E-state index in [0.29, 0.717) is 12.6 Å². The Balaban J connectivity index is 1.41. The van der Waals surface area contributed by atoms with Crippen LogP contribution in [0.25, 0.3) is 10.2 Å². The van der Waals surface area contributed by atoms with Crippen molar-refractivity contribution >= 4 is 21.6 Å². The topological polar surface area (TPSA) is 61.0 Å². The lowest BCUT2D eigenvalue weighted by Crippen LogP contribution is -2.33. The average Bonchev–Trinajstić information content (AvgIpc) is 3.00.